The van der Waals surface area contributed by atoms with Gasteiger partial charge < -0.3 is 10.0 Å². The fraction of sp³-hybridized carbons (Fsp3) is 0.533. The van der Waals surface area contributed by atoms with Crippen LogP contribution >= 0.6 is 0 Å². The molecule has 1 unspecified atom stereocenters. The zero-order chi connectivity index (χ0) is 13.3. The van der Waals surface area contributed by atoms with Crippen molar-refractivity contribution in [3.05, 3.63) is 23.8 Å². The Bertz CT molecular complexity index is 452. The van der Waals surface area contributed by atoms with Gasteiger partial charge in [0.05, 0.1) is 5.69 Å². The van der Waals surface area contributed by atoms with Crippen LogP contribution in [-0.2, 0) is 4.79 Å². The number of amides is 1. The topological polar surface area (TPSA) is 40.5 Å². The minimum absolute atomic E-state index is 0.0895. The van der Waals surface area contributed by atoms with Crippen molar-refractivity contribution in [1.82, 2.24) is 0 Å². The van der Waals surface area contributed by atoms with Gasteiger partial charge in [-0.25, -0.2) is 0 Å². The molecule has 2 rings (SSSR count). The Morgan fingerprint density at radius 3 is 2.72 bits per heavy atom. The number of rotatable bonds is 4. The monoisotopic (exact) mass is 247 g/mol. The van der Waals surface area contributed by atoms with E-state index in [9.17, 15) is 9.90 Å². The average Bonchev–Trinajstić information content (AvgIpc) is 3.17. The Morgan fingerprint density at radius 1 is 1.50 bits per heavy atom. The van der Waals surface area contributed by atoms with E-state index in [1.807, 2.05) is 26.8 Å². The molecule has 0 aliphatic heterocycles. The summed E-state index contributed by atoms with van der Waals surface area (Å²) < 4.78 is 0. The van der Waals surface area contributed by atoms with Gasteiger partial charge in [-0.2, -0.15) is 0 Å². The summed E-state index contributed by atoms with van der Waals surface area (Å²) in [5.41, 5.74) is 1.85. The highest BCUT2D eigenvalue weighted by molar-refractivity contribution is 5.96. The Balaban J connectivity index is 2.26. The third-order valence-corrected chi connectivity index (χ3v) is 3.78. The molecule has 1 atom stereocenters. The van der Waals surface area contributed by atoms with E-state index in [4.69, 9.17) is 0 Å². The van der Waals surface area contributed by atoms with Crippen LogP contribution in [0.4, 0.5) is 5.69 Å². The van der Waals surface area contributed by atoms with Crippen molar-refractivity contribution in [2.75, 3.05) is 11.4 Å². The molecule has 0 saturated heterocycles. The second-order valence-electron chi connectivity index (χ2n) is 5.18. The number of benzene rings is 1. The first-order valence-electron chi connectivity index (χ1n) is 6.65. The van der Waals surface area contributed by atoms with E-state index < -0.39 is 0 Å². The van der Waals surface area contributed by atoms with Gasteiger partial charge in [0.25, 0.3) is 0 Å². The minimum Gasteiger partial charge on any atom is -0.508 e. The van der Waals surface area contributed by atoms with E-state index in [2.05, 4.69) is 0 Å². The van der Waals surface area contributed by atoms with E-state index in [1.165, 1.54) is 12.8 Å². The van der Waals surface area contributed by atoms with Crippen LogP contribution in [0.2, 0.25) is 0 Å². The second-order valence-corrected chi connectivity index (χ2v) is 5.18. The molecular formula is C15H21NO2. The number of hydrogen-bond acceptors (Lipinski definition) is 2. The molecule has 0 radical (unpaired) electrons. The zero-order valence-electron chi connectivity index (χ0n) is 11.3. The van der Waals surface area contributed by atoms with Crippen LogP contribution in [0.1, 0.15) is 32.3 Å². The highest BCUT2D eigenvalue weighted by atomic mass is 16.3. The van der Waals surface area contributed by atoms with Crippen LogP contribution in [-0.4, -0.2) is 17.6 Å². The lowest BCUT2D eigenvalue weighted by atomic mass is 10.0. The van der Waals surface area contributed by atoms with Crippen molar-refractivity contribution in [2.24, 2.45) is 11.8 Å². The number of nitrogens with zero attached hydrogens (tertiary/aromatic N) is 1. The van der Waals surface area contributed by atoms with Gasteiger partial charge in [-0.1, -0.05) is 13.0 Å². The number of phenols is 1. The van der Waals surface area contributed by atoms with Crippen LogP contribution in [0.5, 0.6) is 5.75 Å². The molecule has 18 heavy (non-hydrogen) atoms. The molecule has 1 aromatic rings. The second kappa shape index (κ2) is 5.01. The molecule has 3 nitrogen and oxygen atoms in total. The molecule has 1 saturated carbocycles. The van der Waals surface area contributed by atoms with Gasteiger partial charge in [-0.05, 0) is 44.2 Å². The van der Waals surface area contributed by atoms with Gasteiger partial charge in [0.1, 0.15) is 5.75 Å². The lowest BCUT2D eigenvalue weighted by Crippen LogP contribution is -2.36. The van der Waals surface area contributed by atoms with Gasteiger partial charge in [0.15, 0.2) is 0 Å². The summed E-state index contributed by atoms with van der Waals surface area (Å²) in [5.74, 6) is 1.03. The van der Waals surface area contributed by atoms with Gasteiger partial charge in [-0.15, -0.1) is 0 Å². The molecule has 98 valence electrons. The SMILES string of the molecule is CCN(C(=O)C(C)C1CC1)c1cc(O)ccc1C. The molecule has 0 spiro atoms. The summed E-state index contributed by atoms with van der Waals surface area (Å²) in [6.07, 6.45) is 2.34. The standard InChI is InChI=1S/C15H21NO2/c1-4-16(15(18)11(3)12-6-7-12)14-9-13(17)8-5-10(14)2/h5,8-9,11-12,17H,4,6-7H2,1-3H3. The first-order valence-corrected chi connectivity index (χ1v) is 6.65. The van der Waals surface area contributed by atoms with Crippen molar-refractivity contribution in [2.45, 2.75) is 33.6 Å². The van der Waals surface area contributed by atoms with Crippen molar-refractivity contribution >= 4 is 11.6 Å². The summed E-state index contributed by atoms with van der Waals surface area (Å²) >= 11 is 0. The quantitative estimate of drug-likeness (QED) is 0.888. The van der Waals surface area contributed by atoms with E-state index in [0.717, 1.165) is 11.3 Å². The van der Waals surface area contributed by atoms with Crippen molar-refractivity contribution < 1.29 is 9.90 Å². The maximum absolute atomic E-state index is 12.5. The highest BCUT2D eigenvalue weighted by Gasteiger charge is 2.35. The predicted octanol–water partition coefficient (Wildman–Crippen LogP) is 3.10. The van der Waals surface area contributed by atoms with E-state index in [-0.39, 0.29) is 17.6 Å². The van der Waals surface area contributed by atoms with Gasteiger partial charge in [0.2, 0.25) is 5.91 Å². The summed E-state index contributed by atoms with van der Waals surface area (Å²) in [7, 11) is 0. The van der Waals surface area contributed by atoms with E-state index in [0.29, 0.717) is 12.5 Å². The van der Waals surface area contributed by atoms with Crippen LogP contribution in [0.25, 0.3) is 0 Å². The van der Waals surface area contributed by atoms with Crippen LogP contribution in [0.15, 0.2) is 18.2 Å². The van der Waals surface area contributed by atoms with Crippen molar-refractivity contribution in [3.8, 4) is 5.75 Å². The molecule has 0 heterocycles. The Morgan fingerprint density at radius 2 is 2.17 bits per heavy atom. The number of carbonyl (C=O) groups excluding carboxylic acids is 1. The van der Waals surface area contributed by atoms with E-state index in [1.54, 1.807) is 17.0 Å². The molecule has 0 aromatic heterocycles. The fourth-order valence-corrected chi connectivity index (χ4v) is 2.38. The number of anilines is 1. The largest absolute Gasteiger partial charge is 0.508 e. The third-order valence-electron chi connectivity index (χ3n) is 3.78. The Kier molecular flexibility index (Phi) is 3.60. The highest BCUT2D eigenvalue weighted by Crippen LogP contribution is 2.38. The summed E-state index contributed by atoms with van der Waals surface area (Å²) in [6, 6.07) is 5.18. The van der Waals surface area contributed by atoms with Crippen LogP contribution < -0.4 is 4.90 Å². The molecule has 1 aliphatic carbocycles. The Labute approximate surface area is 108 Å². The summed E-state index contributed by atoms with van der Waals surface area (Å²) in [4.78, 5) is 14.3. The fourth-order valence-electron chi connectivity index (χ4n) is 2.38. The first-order chi connectivity index (χ1) is 8.54. The van der Waals surface area contributed by atoms with Crippen LogP contribution in [0.3, 0.4) is 0 Å². The number of aromatic hydroxyl groups is 1. The summed E-state index contributed by atoms with van der Waals surface area (Å²) in [5, 5.41) is 9.59. The first kappa shape index (κ1) is 12.9. The minimum atomic E-state index is 0.0895. The third kappa shape index (κ3) is 2.50. The molecule has 1 aliphatic rings. The maximum Gasteiger partial charge on any atom is 0.230 e. The smallest absolute Gasteiger partial charge is 0.230 e. The molecule has 1 N–H and O–H groups in total. The molecule has 1 amide bonds. The molecule has 1 fully saturated rings. The Hall–Kier alpha value is -1.51. The summed E-state index contributed by atoms with van der Waals surface area (Å²) in [6.45, 7) is 6.59. The zero-order valence-corrected chi connectivity index (χ0v) is 11.3. The van der Waals surface area contributed by atoms with Gasteiger partial charge >= 0.3 is 0 Å². The number of phenolic OH excluding ortho intramolecular Hbond substituents is 1. The number of carbonyl (C=O) groups is 1. The lowest BCUT2D eigenvalue weighted by molar-refractivity contribution is -0.122. The molecule has 1 aromatic carbocycles. The maximum atomic E-state index is 12.5. The van der Waals surface area contributed by atoms with Gasteiger partial charge in [-0.3, -0.25) is 4.79 Å². The van der Waals surface area contributed by atoms with Gasteiger partial charge in [0, 0.05) is 18.5 Å². The normalized spacial score (nSPS) is 16.4. The van der Waals surface area contributed by atoms with Crippen molar-refractivity contribution in [3.63, 3.8) is 0 Å². The molecular weight excluding hydrogens is 226 g/mol. The lowest BCUT2D eigenvalue weighted by Gasteiger charge is -2.26. The van der Waals surface area contributed by atoms with E-state index >= 15 is 0 Å². The average molecular weight is 247 g/mol. The van der Waals surface area contributed by atoms with Crippen LogP contribution in [0, 0.1) is 18.8 Å². The van der Waals surface area contributed by atoms with Crippen molar-refractivity contribution in [1.29, 1.82) is 0 Å². The molecule has 3 heteroatoms. The molecule has 0 bridgehead atoms. The predicted molar refractivity (Wildman–Crippen MR) is 72.8 cm³/mol. The number of hydrogen-bond donors (Lipinski definition) is 1. The number of aryl methyl sites for hydroxylation is 1.